The lowest BCUT2D eigenvalue weighted by molar-refractivity contribution is -0.0615. The maximum atomic E-state index is 13.0. The summed E-state index contributed by atoms with van der Waals surface area (Å²) in [6.45, 7) is 1.47. The fraction of sp³-hybridized carbons (Fsp3) is 0.500. The van der Waals surface area contributed by atoms with E-state index in [9.17, 15) is 13.6 Å². The van der Waals surface area contributed by atoms with Crippen LogP contribution in [0.4, 0.5) is 20.5 Å². The summed E-state index contributed by atoms with van der Waals surface area (Å²) in [6, 6.07) is 11.9. The van der Waals surface area contributed by atoms with E-state index in [0.29, 0.717) is 18.3 Å². The van der Waals surface area contributed by atoms with Crippen LogP contribution >= 0.6 is 0 Å². The molecule has 150 valence electrons. The number of nitrogens with one attached hydrogen (secondary N) is 1. The molecular weight excluding hydrogens is 366 g/mol. The highest BCUT2D eigenvalue weighted by Gasteiger charge is 2.30. The Hall–Kier alpha value is -2.48. The lowest BCUT2D eigenvalue weighted by Gasteiger charge is -2.34. The molecule has 2 fully saturated rings. The number of morpholine rings is 1. The van der Waals surface area contributed by atoms with Crippen molar-refractivity contribution in [1.29, 1.82) is 0 Å². The SMILES string of the molecule is O=c1cc(N2CCO[C@@H](C(F)F)C2)nc(N2CCC[C@H]2Cc2ccccc2)[nH]1. The Bertz CT molecular complexity index is 846. The van der Waals surface area contributed by atoms with E-state index in [0.717, 1.165) is 25.8 Å². The Kier molecular flexibility index (Phi) is 5.57. The Labute approximate surface area is 162 Å². The van der Waals surface area contributed by atoms with Crippen molar-refractivity contribution < 1.29 is 13.5 Å². The van der Waals surface area contributed by atoms with E-state index in [1.165, 1.54) is 11.6 Å². The Morgan fingerprint density at radius 3 is 2.86 bits per heavy atom. The zero-order valence-corrected chi connectivity index (χ0v) is 15.6. The smallest absolute Gasteiger partial charge is 0.266 e. The summed E-state index contributed by atoms with van der Waals surface area (Å²) >= 11 is 0. The van der Waals surface area contributed by atoms with Crippen LogP contribution in [0.2, 0.25) is 0 Å². The average molecular weight is 390 g/mol. The summed E-state index contributed by atoms with van der Waals surface area (Å²) in [5, 5.41) is 0. The largest absolute Gasteiger partial charge is 0.369 e. The van der Waals surface area contributed by atoms with Gasteiger partial charge in [0, 0.05) is 25.2 Å². The van der Waals surface area contributed by atoms with Gasteiger partial charge in [0.2, 0.25) is 5.95 Å². The number of rotatable bonds is 5. The van der Waals surface area contributed by atoms with Gasteiger partial charge < -0.3 is 14.5 Å². The number of aromatic amines is 1. The van der Waals surface area contributed by atoms with Crippen LogP contribution in [-0.4, -0.2) is 54.8 Å². The molecule has 0 amide bonds. The Morgan fingerprint density at radius 1 is 1.25 bits per heavy atom. The van der Waals surface area contributed by atoms with Gasteiger partial charge in [0.15, 0.2) is 0 Å². The van der Waals surface area contributed by atoms with Crippen molar-refractivity contribution in [2.24, 2.45) is 0 Å². The number of ether oxygens (including phenoxy) is 1. The van der Waals surface area contributed by atoms with Crippen molar-refractivity contribution in [2.45, 2.75) is 37.8 Å². The number of halogens is 2. The van der Waals surface area contributed by atoms with Crippen molar-refractivity contribution in [3.63, 3.8) is 0 Å². The van der Waals surface area contributed by atoms with Crippen molar-refractivity contribution in [3.05, 3.63) is 52.3 Å². The highest BCUT2D eigenvalue weighted by molar-refractivity contribution is 5.45. The molecule has 0 radical (unpaired) electrons. The van der Waals surface area contributed by atoms with Gasteiger partial charge in [-0.1, -0.05) is 30.3 Å². The number of benzene rings is 1. The number of H-pyrrole nitrogens is 1. The number of alkyl halides is 2. The second-order valence-electron chi connectivity index (χ2n) is 7.30. The lowest BCUT2D eigenvalue weighted by Crippen LogP contribution is -2.46. The number of aromatic nitrogens is 2. The molecule has 2 aromatic rings. The van der Waals surface area contributed by atoms with E-state index < -0.39 is 12.5 Å². The third kappa shape index (κ3) is 4.16. The van der Waals surface area contributed by atoms with Gasteiger partial charge in [0.05, 0.1) is 13.2 Å². The molecule has 2 saturated heterocycles. The predicted molar refractivity (Wildman–Crippen MR) is 103 cm³/mol. The first-order valence-electron chi connectivity index (χ1n) is 9.67. The highest BCUT2D eigenvalue weighted by Crippen LogP contribution is 2.26. The number of hydrogen-bond acceptors (Lipinski definition) is 5. The fourth-order valence-corrected chi connectivity index (χ4v) is 3.98. The molecule has 1 aromatic heterocycles. The van der Waals surface area contributed by atoms with Gasteiger partial charge in [-0.25, -0.2) is 8.78 Å². The molecule has 0 bridgehead atoms. The molecular formula is C20H24F2N4O2. The lowest BCUT2D eigenvalue weighted by atomic mass is 10.0. The van der Waals surface area contributed by atoms with Crippen LogP contribution in [-0.2, 0) is 11.2 Å². The van der Waals surface area contributed by atoms with E-state index in [-0.39, 0.29) is 24.8 Å². The second-order valence-corrected chi connectivity index (χ2v) is 7.30. The van der Waals surface area contributed by atoms with Crippen LogP contribution in [0.25, 0.3) is 0 Å². The summed E-state index contributed by atoms with van der Waals surface area (Å²) in [5.74, 6) is 0.944. The van der Waals surface area contributed by atoms with E-state index in [2.05, 4.69) is 27.0 Å². The number of anilines is 2. The summed E-state index contributed by atoms with van der Waals surface area (Å²) in [4.78, 5) is 23.6. The van der Waals surface area contributed by atoms with Gasteiger partial charge in [-0.2, -0.15) is 4.98 Å². The van der Waals surface area contributed by atoms with E-state index in [1.807, 2.05) is 18.2 Å². The fourth-order valence-electron chi connectivity index (χ4n) is 3.98. The van der Waals surface area contributed by atoms with Crippen molar-refractivity contribution in [2.75, 3.05) is 36.0 Å². The standard InChI is InChI=1S/C20H24F2N4O2/c21-19(22)16-13-25(9-10-28-16)17-12-18(27)24-20(23-17)26-8-4-7-15(26)11-14-5-2-1-3-6-14/h1-3,5-6,12,15-16,19H,4,7-11,13H2,(H,23,24,27)/t15-,16+/m0/s1. The summed E-state index contributed by atoms with van der Waals surface area (Å²) in [7, 11) is 0. The van der Waals surface area contributed by atoms with Gasteiger partial charge >= 0.3 is 0 Å². The van der Waals surface area contributed by atoms with Crippen LogP contribution < -0.4 is 15.4 Å². The van der Waals surface area contributed by atoms with Gasteiger partial charge in [0.1, 0.15) is 11.9 Å². The Balaban J connectivity index is 1.55. The normalized spacial score (nSPS) is 22.8. The highest BCUT2D eigenvalue weighted by atomic mass is 19.3. The molecule has 1 aromatic carbocycles. The average Bonchev–Trinajstić information content (AvgIpc) is 3.16. The Morgan fingerprint density at radius 2 is 2.07 bits per heavy atom. The minimum atomic E-state index is -2.56. The van der Waals surface area contributed by atoms with Gasteiger partial charge in [-0.05, 0) is 24.8 Å². The molecule has 2 aliphatic rings. The first-order chi connectivity index (χ1) is 13.6. The van der Waals surface area contributed by atoms with E-state index in [4.69, 9.17) is 4.74 Å². The monoisotopic (exact) mass is 390 g/mol. The molecule has 0 spiro atoms. The van der Waals surface area contributed by atoms with Crippen molar-refractivity contribution >= 4 is 11.8 Å². The maximum Gasteiger partial charge on any atom is 0.266 e. The summed E-state index contributed by atoms with van der Waals surface area (Å²) < 4.78 is 31.2. The molecule has 6 nitrogen and oxygen atoms in total. The molecule has 1 N–H and O–H groups in total. The number of hydrogen-bond donors (Lipinski definition) is 1. The first-order valence-corrected chi connectivity index (χ1v) is 9.67. The minimum Gasteiger partial charge on any atom is -0.369 e. The van der Waals surface area contributed by atoms with E-state index >= 15 is 0 Å². The van der Waals surface area contributed by atoms with Crippen LogP contribution in [0.15, 0.2) is 41.2 Å². The molecule has 4 rings (SSSR count). The summed E-state index contributed by atoms with van der Waals surface area (Å²) in [5.41, 5.74) is 0.969. The van der Waals surface area contributed by atoms with Crippen LogP contribution in [0.3, 0.4) is 0 Å². The molecule has 0 aliphatic carbocycles. The third-order valence-corrected chi connectivity index (χ3v) is 5.38. The minimum absolute atomic E-state index is 0.0288. The predicted octanol–water partition coefficient (Wildman–Crippen LogP) is 2.45. The maximum absolute atomic E-state index is 13.0. The molecule has 0 unspecified atom stereocenters. The molecule has 2 aliphatic heterocycles. The molecule has 3 heterocycles. The van der Waals surface area contributed by atoms with Gasteiger partial charge in [0.25, 0.3) is 12.0 Å². The van der Waals surface area contributed by atoms with Crippen LogP contribution in [0.5, 0.6) is 0 Å². The first kappa shape index (κ1) is 18.9. The zero-order chi connectivity index (χ0) is 19.5. The molecule has 0 saturated carbocycles. The number of nitrogens with zero attached hydrogens (tertiary/aromatic N) is 3. The van der Waals surface area contributed by atoms with Crippen molar-refractivity contribution in [1.82, 2.24) is 9.97 Å². The van der Waals surface area contributed by atoms with Crippen molar-refractivity contribution in [3.8, 4) is 0 Å². The molecule has 28 heavy (non-hydrogen) atoms. The van der Waals surface area contributed by atoms with E-state index in [1.54, 1.807) is 4.90 Å². The third-order valence-electron chi connectivity index (χ3n) is 5.38. The summed E-state index contributed by atoms with van der Waals surface area (Å²) in [6.07, 6.45) is -0.793. The zero-order valence-electron chi connectivity index (χ0n) is 15.6. The van der Waals surface area contributed by atoms with Crippen LogP contribution in [0.1, 0.15) is 18.4 Å². The van der Waals surface area contributed by atoms with Gasteiger partial charge in [-0.15, -0.1) is 0 Å². The van der Waals surface area contributed by atoms with Gasteiger partial charge in [-0.3, -0.25) is 9.78 Å². The van der Waals surface area contributed by atoms with Crippen LogP contribution in [0, 0.1) is 0 Å². The topological polar surface area (TPSA) is 61.5 Å². The quantitative estimate of drug-likeness (QED) is 0.850. The molecule has 2 atom stereocenters. The second kappa shape index (κ2) is 8.26. The molecule has 8 heteroatoms.